The summed E-state index contributed by atoms with van der Waals surface area (Å²) in [5.74, 6) is 0.770. The molecule has 0 aliphatic heterocycles. The average molecular weight is 371 g/mol. The molecule has 6 heteroatoms. The zero-order valence-corrected chi connectivity index (χ0v) is 16.2. The minimum absolute atomic E-state index is 0.0511. The van der Waals surface area contributed by atoms with Crippen LogP contribution >= 0.6 is 11.6 Å². The summed E-state index contributed by atoms with van der Waals surface area (Å²) in [4.78, 5) is 24.0. The Hall–Kier alpha value is -2.40. The molecular formula is C20H23ClN4O. The third kappa shape index (κ3) is 3.58. The van der Waals surface area contributed by atoms with Crippen LogP contribution in [-0.4, -0.2) is 37.4 Å². The summed E-state index contributed by atoms with van der Waals surface area (Å²) in [6, 6.07) is 11.5. The van der Waals surface area contributed by atoms with Gasteiger partial charge in [0.05, 0.1) is 0 Å². The van der Waals surface area contributed by atoms with Gasteiger partial charge in [-0.2, -0.15) is 0 Å². The van der Waals surface area contributed by atoms with E-state index in [0.717, 1.165) is 16.9 Å². The van der Waals surface area contributed by atoms with E-state index in [1.165, 1.54) is 0 Å². The maximum Gasteiger partial charge on any atom is 0.243 e. The quantitative estimate of drug-likeness (QED) is 0.669. The van der Waals surface area contributed by atoms with E-state index in [2.05, 4.69) is 4.98 Å². The average Bonchev–Trinajstić information content (AvgIpc) is 2.93. The number of rotatable bonds is 5. The number of imidazole rings is 1. The number of aromatic nitrogens is 3. The first-order valence-corrected chi connectivity index (χ1v) is 9.14. The van der Waals surface area contributed by atoms with Gasteiger partial charge >= 0.3 is 0 Å². The molecule has 0 saturated carbocycles. The Kier molecular flexibility index (Phi) is 5.28. The van der Waals surface area contributed by atoms with Gasteiger partial charge in [0, 0.05) is 28.9 Å². The van der Waals surface area contributed by atoms with Gasteiger partial charge in [-0.15, -0.1) is 0 Å². The van der Waals surface area contributed by atoms with Gasteiger partial charge in [-0.1, -0.05) is 11.6 Å². The van der Waals surface area contributed by atoms with Gasteiger partial charge in [0.2, 0.25) is 5.91 Å². The molecule has 0 bridgehead atoms. The van der Waals surface area contributed by atoms with Crippen molar-refractivity contribution in [2.24, 2.45) is 0 Å². The third-order valence-electron chi connectivity index (χ3n) is 4.30. The van der Waals surface area contributed by atoms with E-state index in [1.807, 2.05) is 73.6 Å². The second-order valence-corrected chi connectivity index (χ2v) is 7.30. The molecule has 1 amide bonds. The van der Waals surface area contributed by atoms with Gasteiger partial charge in [0.15, 0.2) is 5.65 Å². The normalized spacial score (nSPS) is 11.5. The first-order chi connectivity index (χ1) is 12.4. The number of pyridine rings is 1. The number of fused-ring (bicyclic) bond motifs is 1. The lowest BCUT2D eigenvalue weighted by Gasteiger charge is -2.31. The Morgan fingerprint density at radius 1 is 1.12 bits per heavy atom. The van der Waals surface area contributed by atoms with Crippen LogP contribution in [0.2, 0.25) is 5.02 Å². The molecule has 2 heterocycles. The number of amides is 1. The SMILES string of the molecule is CC(C)N(C(=O)Cn1c(-c2ccc(Cl)cc2)nc2cccnc21)C(C)C. The standard InChI is InChI=1S/C20H23ClN4O/c1-13(2)25(14(3)4)18(26)12-24-19(15-7-9-16(21)10-8-15)23-17-6-5-11-22-20(17)24/h5-11,13-14H,12H2,1-4H3. The summed E-state index contributed by atoms with van der Waals surface area (Å²) >= 11 is 6.01. The van der Waals surface area contributed by atoms with Crippen molar-refractivity contribution in [1.82, 2.24) is 19.4 Å². The fourth-order valence-corrected chi connectivity index (χ4v) is 3.44. The van der Waals surface area contributed by atoms with Gasteiger partial charge in [0.1, 0.15) is 17.9 Å². The zero-order chi connectivity index (χ0) is 18.8. The van der Waals surface area contributed by atoms with Gasteiger partial charge in [-0.05, 0) is 64.1 Å². The molecule has 0 saturated heterocycles. The van der Waals surface area contributed by atoms with E-state index in [1.54, 1.807) is 6.20 Å². The second-order valence-electron chi connectivity index (χ2n) is 6.86. The van der Waals surface area contributed by atoms with E-state index in [9.17, 15) is 4.79 Å². The topological polar surface area (TPSA) is 51.0 Å². The van der Waals surface area contributed by atoms with Crippen LogP contribution in [0.5, 0.6) is 0 Å². The molecule has 5 nitrogen and oxygen atoms in total. The van der Waals surface area contributed by atoms with Crippen LogP contribution in [-0.2, 0) is 11.3 Å². The molecule has 0 spiro atoms. The van der Waals surface area contributed by atoms with Crippen LogP contribution in [0.25, 0.3) is 22.6 Å². The molecule has 0 atom stereocenters. The Balaban J connectivity index is 2.07. The number of carbonyl (C=O) groups excluding carboxylic acids is 1. The molecule has 0 aliphatic carbocycles. The number of hydrogen-bond donors (Lipinski definition) is 0. The lowest BCUT2D eigenvalue weighted by atomic mass is 10.2. The number of nitrogens with zero attached hydrogens (tertiary/aromatic N) is 4. The van der Waals surface area contributed by atoms with E-state index < -0.39 is 0 Å². The highest BCUT2D eigenvalue weighted by Crippen LogP contribution is 2.25. The highest BCUT2D eigenvalue weighted by Gasteiger charge is 2.23. The van der Waals surface area contributed by atoms with E-state index in [-0.39, 0.29) is 24.5 Å². The molecule has 0 aliphatic rings. The van der Waals surface area contributed by atoms with Crippen molar-refractivity contribution in [1.29, 1.82) is 0 Å². The molecule has 2 aromatic heterocycles. The van der Waals surface area contributed by atoms with Crippen molar-refractivity contribution < 1.29 is 4.79 Å². The van der Waals surface area contributed by atoms with E-state index in [4.69, 9.17) is 16.6 Å². The minimum atomic E-state index is 0.0511. The molecular weight excluding hydrogens is 348 g/mol. The van der Waals surface area contributed by atoms with E-state index in [0.29, 0.717) is 10.7 Å². The van der Waals surface area contributed by atoms with Crippen LogP contribution in [0, 0.1) is 0 Å². The zero-order valence-electron chi connectivity index (χ0n) is 15.5. The van der Waals surface area contributed by atoms with Crippen LogP contribution in [0.15, 0.2) is 42.6 Å². The number of hydrogen-bond acceptors (Lipinski definition) is 3. The number of halogens is 1. The maximum absolute atomic E-state index is 13.0. The molecule has 1 aromatic carbocycles. The molecule has 3 aromatic rings. The lowest BCUT2D eigenvalue weighted by Crippen LogP contribution is -2.43. The predicted octanol–water partition coefficient (Wildman–Crippen LogP) is 4.40. The molecule has 0 unspecified atom stereocenters. The van der Waals surface area contributed by atoms with Crippen molar-refractivity contribution in [3.8, 4) is 11.4 Å². The van der Waals surface area contributed by atoms with Gasteiger partial charge in [0.25, 0.3) is 0 Å². The van der Waals surface area contributed by atoms with Crippen LogP contribution in [0.3, 0.4) is 0 Å². The number of benzene rings is 1. The maximum atomic E-state index is 13.0. The van der Waals surface area contributed by atoms with Crippen LogP contribution in [0.4, 0.5) is 0 Å². The Morgan fingerprint density at radius 2 is 1.77 bits per heavy atom. The highest BCUT2D eigenvalue weighted by atomic mass is 35.5. The second kappa shape index (κ2) is 7.46. The van der Waals surface area contributed by atoms with Crippen molar-refractivity contribution >= 4 is 28.7 Å². The van der Waals surface area contributed by atoms with Gasteiger partial charge < -0.3 is 4.90 Å². The van der Waals surface area contributed by atoms with Crippen molar-refractivity contribution in [3.63, 3.8) is 0 Å². The summed E-state index contributed by atoms with van der Waals surface area (Å²) in [5.41, 5.74) is 2.38. The van der Waals surface area contributed by atoms with Crippen molar-refractivity contribution in [2.75, 3.05) is 0 Å². The largest absolute Gasteiger partial charge is 0.336 e. The van der Waals surface area contributed by atoms with Gasteiger partial charge in [-0.3, -0.25) is 9.36 Å². The lowest BCUT2D eigenvalue weighted by molar-refractivity contribution is -0.135. The fraction of sp³-hybridized carbons (Fsp3) is 0.350. The predicted molar refractivity (Wildman–Crippen MR) is 105 cm³/mol. The first-order valence-electron chi connectivity index (χ1n) is 8.77. The van der Waals surface area contributed by atoms with Crippen molar-refractivity contribution in [3.05, 3.63) is 47.6 Å². The van der Waals surface area contributed by atoms with Gasteiger partial charge in [-0.25, -0.2) is 9.97 Å². The monoisotopic (exact) mass is 370 g/mol. The minimum Gasteiger partial charge on any atom is -0.336 e. The Morgan fingerprint density at radius 3 is 2.38 bits per heavy atom. The first kappa shape index (κ1) is 18.4. The molecule has 0 fully saturated rings. The highest BCUT2D eigenvalue weighted by molar-refractivity contribution is 6.30. The fourth-order valence-electron chi connectivity index (χ4n) is 3.32. The summed E-state index contributed by atoms with van der Waals surface area (Å²) < 4.78 is 1.89. The summed E-state index contributed by atoms with van der Waals surface area (Å²) in [5, 5.41) is 0.663. The van der Waals surface area contributed by atoms with Crippen molar-refractivity contribution in [2.45, 2.75) is 46.3 Å². The smallest absolute Gasteiger partial charge is 0.243 e. The molecule has 136 valence electrons. The Bertz CT molecular complexity index is 907. The third-order valence-corrected chi connectivity index (χ3v) is 4.55. The van der Waals surface area contributed by atoms with E-state index >= 15 is 0 Å². The molecule has 3 rings (SSSR count). The molecule has 26 heavy (non-hydrogen) atoms. The number of carbonyl (C=O) groups is 1. The molecule has 0 radical (unpaired) electrons. The van der Waals surface area contributed by atoms with Crippen LogP contribution in [0.1, 0.15) is 27.7 Å². The Labute approximate surface area is 158 Å². The van der Waals surface area contributed by atoms with Crippen LogP contribution < -0.4 is 0 Å². The summed E-state index contributed by atoms with van der Waals surface area (Å²) in [6.45, 7) is 8.32. The summed E-state index contributed by atoms with van der Waals surface area (Å²) in [7, 11) is 0. The molecule has 0 N–H and O–H groups in total. The summed E-state index contributed by atoms with van der Waals surface area (Å²) in [6.07, 6.45) is 1.72.